The molecule has 4 rings (SSSR count). The highest BCUT2D eigenvalue weighted by Gasteiger charge is 2.23. The zero-order chi connectivity index (χ0) is 22.0. The Hall–Kier alpha value is -2.02. The molecule has 0 saturated carbocycles. The Balaban J connectivity index is 1.61. The molecule has 0 unspecified atom stereocenters. The second-order valence-corrected chi connectivity index (χ2v) is 10.4. The first-order valence-corrected chi connectivity index (χ1v) is 12.0. The van der Waals surface area contributed by atoms with Gasteiger partial charge < -0.3 is 14.6 Å². The zero-order valence-electron chi connectivity index (χ0n) is 18.6. The highest BCUT2D eigenvalue weighted by atomic mass is 35.5. The normalized spacial score (nSPS) is 15.3. The zero-order valence-corrected chi connectivity index (χ0v) is 20.1. The van der Waals surface area contributed by atoms with Crippen LogP contribution in [-0.4, -0.2) is 27.9 Å². The topological polar surface area (TPSA) is 54.8 Å². The Morgan fingerprint density at radius 1 is 1.06 bits per heavy atom. The summed E-state index contributed by atoms with van der Waals surface area (Å²) in [5.41, 5.74) is 3.44. The summed E-state index contributed by atoms with van der Waals surface area (Å²) in [5, 5.41) is 13.1. The smallest absolute Gasteiger partial charge is 0.166 e. The van der Waals surface area contributed by atoms with Crippen LogP contribution < -0.4 is 10.0 Å². The van der Waals surface area contributed by atoms with E-state index in [1.165, 1.54) is 5.56 Å². The maximum absolute atomic E-state index is 6.39. The molecule has 0 aliphatic carbocycles. The summed E-state index contributed by atoms with van der Waals surface area (Å²) in [4.78, 5) is 1.16. The molecule has 2 heterocycles. The van der Waals surface area contributed by atoms with Crippen molar-refractivity contribution < 1.29 is 0 Å². The third-order valence-corrected chi connectivity index (χ3v) is 6.83. The summed E-state index contributed by atoms with van der Waals surface area (Å²) in [6.45, 7) is 10.8. The van der Waals surface area contributed by atoms with Gasteiger partial charge in [0.05, 0.1) is 5.69 Å². The third kappa shape index (κ3) is 5.08. The number of rotatable bonds is 5. The molecule has 5 nitrogen and oxygen atoms in total. The molecule has 1 saturated heterocycles. The molecule has 1 aromatic heterocycles. The number of benzene rings is 2. The summed E-state index contributed by atoms with van der Waals surface area (Å²) in [6, 6.07) is 15.0. The Labute approximate surface area is 194 Å². The Kier molecular flexibility index (Phi) is 6.60. The van der Waals surface area contributed by atoms with Crippen LogP contribution in [-0.2, 0) is 5.41 Å². The molecule has 0 amide bonds. The van der Waals surface area contributed by atoms with Crippen molar-refractivity contribution in [2.45, 2.75) is 56.9 Å². The van der Waals surface area contributed by atoms with E-state index in [2.05, 4.69) is 69.8 Å². The van der Waals surface area contributed by atoms with Gasteiger partial charge in [0, 0.05) is 21.5 Å². The number of nitrogens with zero attached hydrogens (tertiary/aromatic N) is 3. The van der Waals surface area contributed by atoms with Crippen LogP contribution in [0.15, 0.2) is 47.4 Å². The maximum atomic E-state index is 6.39. The lowest BCUT2D eigenvalue weighted by Gasteiger charge is -2.26. The van der Waals surface area contributed by atoms with Crippen LogP contribution >= 0.6 is 23.5 Å². The van der Waals surface area contributed by atoms with Gasteiger partial charge in [0.25, 0.3) is 0 Å². The Morgan fingerprint density at radius 3 is 2.45 bits per heavy atom. The molecule has 0 radical (unpaired) electrons. The predicted octanol–water partition coefficient (Wildman–Crippen LogP) is 6.25. The lowest BCUT2D eigenvalue weighted by atomic mass is 9.87. The minimum Gasteiger partial charge on any atom is -0.325 e. The summed E-state index contributed by atoms with van der Waals surface area (Å²) < 4.78 is 5.80. The number of aromatic nitrogens is 3. The van der Waals surface area contributed by atoms with Crippen LogP contribution in [0.5, 0.6) is 0 Å². The van der Waals surface area contributed by atoms with Gasteiger partial charge in [-0.3, -0.25) is 0 Å². The monoisotopic (exact) mass is 455 g/mol. The van der Waals surface area contributed by atoms with Crippen LogP contribution in [0.4, 0.5) is 5.69 Å². The van der Waals surface area contributed by atoms with Gasteiger partial charge in [-0.1, -0.05) is 44.5 Å². The summed E-state index contributed by atoms with van der Waals surface area (Å²) in [7, 11) is 0. The average molecular weight is 456 g/mol. The van der Waals surface area contributed by atoms with Gasteiger partial charge in [-0.15, -0.1) is 10.2 Å². The number of halogens is 1. The van der Waals surface area contributed by atoms with Crippen molar-refractivity contribution in [3.63, 3.8) is 0 Å². The first-order chi connectivity index (χ1) is 14.8. The number of piperidine rings is 1. The number of nitrogens with one attached hydrogen (secondary N) is 2. The summed E-state index contributed by atoms with van der Waals surface area (Å²) >= 11 is 7.98. The molecule has 1 fully saturated rings. The van der Waals surface area contributed by atoms with E-state index in [1.54, 1.807) is 11.9 Å². The van der Waals surface area contributed by atoms with Crippen molar-refractivity contribution in [1.29, 1.82) is 0 Å². The van der Waals surface area contributed by atoms with Gasteiger partial charge in [0.1, 0.15) is 5.82 Å². The Morgan fingerprint density at radius 2 is 1.77 bits per heavy atom. The fourth-order valence-electron chi connectivity index (χ4n) is 3.98. The molecule has 1 aliphatic rings. The third-order valence-electron chi connectivity index (χ3n) is 5.76. The van der Waals surface area contributed by atoms with E-state index in [-0.39, 0.29) is 5.41 Å². The molecule has 31 heavy (non-hydrogen) atoms. The van der Waals surface area contributed by atoms with Crippen LogP contribution in [0.1, 0.15) is 51.0 Å². The number of anilines is 1. The molecular formula is C24H30ClN5S. The number of hydrogen-bond donors (Lipinski definition) is 2. The molecule has 164 valence electrons. The second-order valence-electron chi connectivity index (χ2n) is 9.09. The average Bonchev–Trinajstić information content (AvgIpc) is 3.14. The van der Waals surface area contributed by atoms with E-state index in [4.69, 9.17) is 11.6 Å². The van der Waals surface area contributed by atoms with Gasteiger partial charge >= 0.3 is 0 Å². The summed E-state index contributed by atoms with van der Waals surface area (Å²) in [5.74, 6) is 1.82. The largest absolute Gasteiger partial charge is 0.325 e. The molecule has 0 atom stereocenters. The minimum absolute atomic E-state index is 0.149. The van der Waals surface area contributed by atoms with Crippen molar-refractivity contribution >= 4 is 29.2 Å². The van der Waals surface area contributed by atoms with Crippen LogP contribution in [0, 0.1) is 6.92 Å². The molecule has 0 bridgehead atoms. The van der Waals surface area contributed by atoms with Crippen molar-refractivity contribution in [3.8, 4) is 11.4 Å². The molecule has 0 spiro atoms. The van der Waals surface area contributed by atoms with Crippen molar-refractivity contribution in [3.05, 3.63) is 58.9 Å². The molecule has 2 aromatic carbocycles. The van der Waals surface area contributed by atoms with E-state index in [0.29, 0.717) is 11.1 Å². The molecular weight excluding hydrogens is 426 g/mol. The first kappa shape index (κ1) is 22.2. The fourth-order valence-corrected chi connectivity index (χ4v) is 4.83. The highest BCUT2D eigenvalue weighted by Crippen LogP contribution is 2.36. The molecule has 3 aromatic rings. The van der Waals surface area contributed by atoms with Crippen molar-refractivity contribution in [1.82, 2.24) is 20.1 Å². The lowest BCUT2D eigenvalue weighted by molar-refractivity contribution is 0.365. The standard InChI is InChI=1S/C24H30ClN5S/c1-16-27-28-23(30(16)19-11-13-26-14-12-19)21-15-18(25)7-10-22(21)29-31-20-8-5-17(6-9-20)24(2,3)4/h5-10,15,19,26,29H,11-14H2,1-4H3. The molecule has 1 aliphatic heterocycles. The van der Waals surface area contributed by atoms with Crippen molar-refractivity contribution in [2.24, 2.45) is 0 Å². The highest BCUT2D eigenvalue weighted by molar-refractivity contribution is 8.00. The van der Waals surface area contributed by atoms with Gasteiger partial charge in [0.15, 0.2) is 5.82 Å². The molecule has 2 N–H and O–H groups in total. The fraction of sp³-hybridized carbons (Fsp3) is 0.417. The minimum atomic E-state index is 0.149. The van der Waals surface area contributed by atoms with Crippen LogP contribution in [0.3, 0.4) is 0 Å². The van der Waals surface area contributed by atoms with E-state index in [1.807, 2.05) is 25.1 Å². The van der Waals surface area contributed by atoms with E-state index in [0.717, 1.165) is 53.7 Å². The molecule has 7 heteroatoms. The maximum Gasteiger partial charge on any atom is 0.166 e. The van der Waals surface area contributed by atoms with Gasteiger partial charge in [-0.05, 0) is 86.1 Å². The number of aryl methyl sites for hydroxylation is 1. The van der Waals surface area contributed by atoms with Crippen molar-refractivity contribution in [2.75, 3.05) is 17.8 Å². The lowest BCUT2D eigenvalue weighted by Crippen LogP contribution is -2.30. The second kappa shape index (κ2) is 9.23. The van der Waals surface area contributed by atoms with Crippen LogP contribution in [0.25, 0.3) is 11.4 Å². The van der Waals surface area contributed by atoms with Crippen LogP contribution in [0.2, 0.25) is 5.02 Å². The van der Waals surface area contributed by atoms with Gasteiger partial charge in [-0.25, -0.2) is 0 Å². The predicted molar refractivity (Wildman–Crippen MR) is 131 cm³/mol. The van der Waals surface area contributed by atoms with Gasteiger partial charge in [-0.2, -0.15) is 0 Å². The number of hydrogen-bond acceptors (Lipinski definition) is 5. The van der Waals surface area contributed by atoms with E-state index >= 15 is 0 Å². The first-order valence-electron chi connectivity index (χ1n) is 10.8. The Bertz CT molecular complexity index is 1030. The summed E-state index contributed by atoms with van der Waals surface area (Å²) in [6.07, 6.45) is 2.15. The van der Waals surface area contributed by atoms with E-state index in [9.17, 15) is 0 Å². The van der Waals surface area contributed by atoms with Gasteiger partial charge in [0.2, 0.25) is 0 Å². The van der Waals surface area contributed by atoms with E-state index < -0.39 is 0 Å². The SMILES string of the molecule is Cc1nnc(-c2cc(Cl)ccc2NSc2ccc(C(C)(C)C)cc2)n1C1CCNCC1. The quantitative estimate of drug-likeness (QED) is 0.445.